The molecule has 0 atom stereocenters. The van der Waals surface area contributed by atoms with Gasteiger partial charge in [-0.15, -0.1) is 0 Å². The highest BCUT2D eigenvalue weighted by atomic mass is 16.3. The third-order valence-corrected chi connectivity index (χ3v) is 5.98. The first-order valence-electron chi connectivity index (χ1n) is 11.7. The Bertz CT molecular complexity index is 1340. The van der Waals surface area contributed by atoms with Crippen LogP contribution in [-0.2, 0) is 6.54 Å². The van der Waals surface area contributed by atoms with Gasteiger partial charge in [0.1, 0.15) is 11.5 Å². The molecule has 0 saturated carbocycles. The number of nitrogens with one attached hydrogen (secondary N) is 2. The second-order valence-electron chi connectivity index (χ2n) is 8.59. The summed E-state index contributed by atoms with van der Waals surface area (Å²) >= 11 is 0. The molecule has 0 unspecified atom stereocenters. The number of rotatable bonds is 6. The molecule has 1 fully saturated rings. The number of amides is 3. The van der Waals surface area contributed by atoms with Crippen molar-refractivity contribution in [1.82, 2.24) is 20.0 Å². The van der Waals surface area contributed by atoms with Gasteiger partial charge in [0, 0.05) is 31.5 Å². The van der Waals surface area contributed by atoms with Crippen molar-refractivity contribution in [3.8, 4) is 17.1 Å². The van der Waals surface area contributed by atoms with E-state index in [9.17, 15) is 9.59 Å². The van der Waals surface area contributed by atoms with Crippen LogP contribution in [0.15, 0.2) is 77.3 Å². The Labute approximate surface area is 203 Å². The molecule has 4 aromatic rings. The van der Waals surface area contributed by atoms with E-state index in [-0.39, 0.29) is 11.9 Å². The first-order chi connectivity index (χ1) is 17.1. The molecular formula is C27H27N5O3. The lowest BCUT2D eigenvalue weighted by molar-refractivity contribution is 0.0951. The second-order valence-corrected chi connectivity index (χ2v) is 8.59. The number of hydrogen-bond acceptors (Lipinski definition) is 4. The van der Waals surface area contributed by atoms with Crippen LogP contribution >= 0.6 is 0 Å². The van der Waals surface area contributed by atoms with Gasteiger partial charge >= 0.3 is 6.03 Å². The Morgan fingerprint density at radius 3 is 2.54 bits per heavy atom. The molecule has 1 aliphatic rings. The van der Waals surface area contributed by atoms with Gasteiger partial charge in [0.05, 0.1) is 11.3 Å². The van der Waals surface area contributed by atoms with Crippen LogP contribution in [-0.4, -0.2) is 39.7 Å². The van der Waals surface area contributed by atoms with Crippen LogP contribution in [0.5, 0.6) is 0 Å². The number of carbonyl (C=O) groups excluding carboxylic acids is 2. The Hall–Kier alpha value is -4.33. The van der Waals surface area contributed by atoms with Crippen molar-refractivity contribution in [3.63, 3.8) is 0 Å². The number of urea groups is 1. The molecule has 8 heteroatoms. The lowest BCUT2D eigenvalue weighted by Gasteiger charge is -2.16. The van der Waals surface area contributed by atoms with E-state index in [0.29, 0.717) is 29.2 Å². The molecule has 35 heavy (non-hydrogen) atoms. The van der Waals surface area contributed by atoms with Crippen LogP contribution in [0.1, 0.15) is 34.5 Å². The van der Waals surface area contributed by atoms with Gasteiger partial charge in [-0.25, -0.2) is 9.48 Å². The lowest BCUT2D eigenvalue weighted by Crippen LogP contribution is -2.32. The highest BCUT2D eigenvalue weighted by Crippen LogP contribution is 2.26. The molecule has 1 saturated heterocycles. The molecule has 0 radical (unpaired) electrons. The van der Waals surface area contributed by atoms with Crippen LogP contribution in [0, 0.1) is 6.92 Å². The number of aryl methyl sites for hydroxylation is 1. The quantitative estimate of drug-likeness (QED) is 0.416. The van der Waals surface area contributed by atoms with Gasteiger partial charge in [-0.05, 0) is 61.7 Å². The Balaban J connectivity index is 1.32. The number of hydrogen-bond donors (Lipinski definition) is 2. The predicted octanol–water partition coefficient (Wildman–Crippen LogP) is 5.00. The molecule has 5 rings (SSSR count). The minimum Gasteiger partial charge on any atom is -0.460 e. The first-order valence-corrected chi connectivity index (χ1v) is 11.7. The van der Waals surface area contributed by atoms with Gasteiger partial charge in [-0.2, -0.15) is 5.10 Å². The molecule has 8 nitrogen and oxygen atoms in total. The van der Waals surface area contributed by atoms with Crippen molar-refractivity contribution in [3.05, 3.63) is 89.8 Å². The maximum absolute atomic E-state index is 13.2. The average molecular weight is 470 g/mol. The van der Waals surface area contributed by atoms with E-state index in [1.165, 1.54) is 0 Å². The SMILES string of the molecule is Cc1ccc(-c2nn(-c3ccccc3)cc2C(=O)NCc2cccc(NC(=O)N3CCCC3)c2)o1. The highest BCUT2D eigenvalue weighted by molar-refractivity contribution is 5.99. The molecular weight excluding hydrogens is 442 g/mol. The molecule has 2 N–H and O–H groups in total. The fourth-order valence-electron chi connectivity index (χ4n) is 4.16. The summed E-state index contributed by atoms with van der Waals surface area (Å²) in [6.45, 7) is 3.73. The summed E-state index contributed by atoms with van der Waals surface area (Å²) < 4.78 is 7.44. The predicted molar refractivity (Wildman–Crippen MR) is 133 cm³/mol. The number of carbonyl (C=O) groups is 2. The van der Waals surface area contributed by atoms with Crippen molar-refractivity contribution in [2.45, 2.75) is 26.3 Å². The Morgan fingerprint density at radius 1 is 1.00 bits per heavy atom. The third kappa shape index (κ3) is 5.11. The maximum atomic E-state index is 13.2. The second kappa shape index (κ2) is 9.89. The van der Waals surface area contributed by atoms with E-state index in [2.05, 4.69) is 15.7 Å². The van der Waals surface area contributed by atoms with E-state index >= 15 is 0 Å². The van der Waals surface area contributed by atoms with Crippen molar-refractivity contribution in [2.75, 3.05) is 18.4 Å². The number of para-hydroxylation sites is 1. The zero-order valence-electron chi connectivity index (χ0n) is 19.5. The maximum Gasteiger partial charge on any atom is 0.321 e. The number of anilines is 1. The highest BCUT2D eigenvalue weighted by Gasteiger charge is 2.21. The third-order valence-electron chi connectivity index (χ3n) is 5.98. The fourth-order valence-corrected chi connectivity index (χ4v) is 4.16. The van der Waals surface area contributed by atoms with Gasteiger partial charge in [-0.1, -0.05) is 30.3 Å². The molecule has 0 spiro atoms. The van der Waals surface area contributed by atoms with Crippen LogP contribution in [0.2, 0.25) is 0 Å². The van der Waals surface area contributed by atoms with Crippen molar-refractivity contribution < 1.29 is 14.0 Å². The van der Waals surface area contributed by atoms with E-state index in [0.717, 1.165) is 42.9 Å². The summed E-state index contributed by atoms with van der Waals surface area (Å²) in [7, 11) is 0. The molecule has 3 heterocycles. The summed E-state index contributed by atoms with van der Waals surface area (Å²) in [6.07, 6.45) is 3.80. The smallest absolute Gasteiger partial charge is 0.321 e. The molecule has 178 valence electrons. The summed E-state index contributed by atoms with van der Waals surface area (Å²) in [5.74, 6) is 1.02. The lowest BCUT2D eigenvalue weighted by atomic mass is 10.1. The number of nitrogens with zero attached hydrogens (tertiary/aromatic N) is 3. The number of furan rings is 1. The minimum absolute atomic E-state index is 0.0876. The van der Waals surface area contributed by atoms with Crippen molar-refractivity contribution in [2.24, 2.45) is 0 Å². The molecule has 2 aromatic carbocycles. The number of likely N-dealkylation sites (tertiary alicyclic amines) is 1. The molecule has 0 bridgehead atoms. The summed E-state index contributed by atoms with van der Waals surface area (Å²) in [6, 6.07) is 20.7. The number of benzene rings is 2. The first kappa shape index (κ1) is 22.5. The number of aromatic nitrogens is 2. The standard InChI is InChI=1S/C27H27N5O3/c1-19-12-13-24(35-19)25-23(18-32(30-25)22-10-3-2-4-11-22)26(33)28-17-20-8-7-9-21(16-20)29-27(34)31-14-5-6-15-31/h2-4,7-13,16,18H,5-6,14-15,17H2,1H3,(H,28,33)(H,29,34). The monoisotopic (exact) mass is 469 g/mol. The molecule has 0 aliphatic carbocycles. The van der Waals surface area contributed by atoms with Gasteiger partial charge in [-0.3, -0.25) is 4.79 Å². The Morgan fingerprint density at radius 2 is 1.80 bits per heavy atom. The van der Waals surface area contributed by atoms with Crippen LogP contribution in [0.3, 0.4) is 0 Å². The largest absolute Gasteiger partial charge is 0.460 e. The van der Waals surface area contributed by atoms with Crippen LogP contribution in [0.25, 0.3) is 17.1 Å². The van der Waals surface area contributed by atoms with Gasteiger partial charge < -0.3 is 20.0 Å². The van der Waals surface area contributed by atoms with E-state index in [1.807, 2.05) is 78.6 Å². The minimum atomic E-state index is -0.261. The zero-order chi connectivity index (χ0) is 24.2. The molecule has 3 amide bonds. The van der Waals surface area contributed by atoms with E-state index < -0.39 is 0 Å². The van der Waals surface area contributed by atoms with Gasteiger partial charge in [0.2, 0.25) is 0 Å². The zero-order valence-corrected chi connectivity index (χ0v) is 19.5. The van der Waals surface area contributed by atoms with Crippen LogP contribution in [0.4, 0.5) is 10.5 Å². The molecule has 1 aliphatic heterocycles. The van der Waals surface area contributed by atoms with E-state index in [4.69, 9.17) is 4.42 Å². The van der Waals surface area contributed by atoms with E-state index in [1.54, 1.807) is 10.9 Å². The van der Waals surface area contributed by atoms with Gasteiger partial charge in [0.15, 0.2) is 5.76 Å². The Kier molecular flexibility index (Phi) is 6.34. The average Bonchev–Trinajstić information content (AvgIpc) is 3.64. The van der Waals surface area contributed by atoms with Crippen molar-refractivity contribution >= 4 is 17.6 Å². The fraction of sp³-hybridized carbons (Fsp3) is 0.222. The van der Waals surface area contributed by atoms with Gasteiger partial charge in [0.25, 0.3) is 5.91 Å². The normalized spacial score (nSPS) is 13.1. The summed E-state index contributed by atoms with van der Waals surface area (Å²) in [5.41, 5.74) is 3.33. The molecule has 2 aromatic heterocycles. The summed E-state index contributed by atoms with van der Waals surface area (Å²) in [4.78, 5) is 27.4. The topological polar surface area (TPSA) is 92.4 Å². The van der Waals surface area contributed by atoms with Crippen LogP contribution < -0.4 is 10.6 Å². The summed E-state index contributed by atoms with van der Waals surface area (Å²) in [5, 5.41) is 10.6. The van der Waals surface area contributed by atoms with Crippen molar-refractivity contribution in [1.29, 1.82) is 0 Å².